The summed E-state index contributed by atoms with van der Waals surface area (Å²) in [6.45, 7) is 3.95. The van der Waals surface area contributed by atoms with Crippen molar-refractivity contribution in [3.8, 4) is 5.75 Å². The smallest absolute Gasteiger partial charge is 0.322 e. The third kappa shape index (κ3) is 3.47. The summed E-state index contributed by atoms with van der Waals surface area (Å²) < 4.78 is 10.1. The first-order valence-electron chi connectivity index (χ1n) is 6.10. The van der Waals surface area contributed by atoms with Crippen molar-refractivity contribution < 1.29 is 14.3 Å². The van der Waals surface area contributed by atoms with Gasteiger partial charge in [-0.2, -0.15) is 0 Å². The van der Waals surface area contributed by atoms with Gasteiger partial charge in [0.1, 0.15) is 11.8 Å². The highest BCUT2D eigenvalue weighted by atomic mass is 16.5. The molecule has 1 aromatic rings. The van der Waals surface area contributed by atoms with Crippen LogP contribution in [0.4, 0.5) is 0 Å². The van der Waals surface area contributed by atoms with Gasteiger partial charge in [0, 0.05) is 11.6 Å². The van der Waals surface area contributed by atoms with Crippen LogP contribution in [0.3, 0.4) is 0 Å². The average Bonchev–Trinajstić information content (AvgIpc) is 2.43. The Bertz CT molecular complexity index is 392. The number of carbonyl (C=O) groups is 1. The molecule has 0 heterocycles. The largest absolute Gasteiger partial charge is 0.496 e. The van der Waals surface area contributed by atoms with Crippen LogP contribution >= 0.6 is 0 Å². The van der Waals surface area contributed by atoms with Crippen molar-refractivity contribution in [2.24, 2.45) is 0 Å². The van der Waals surface area contributed by atoms with E-state index in [1.807, 2.05) is 38.1 Å². The molecule has 0 aliphatic rings. The zero-order valence-corrected chi connectivity index (χ0v) is 11.4. The molecule has 2 atom stereocenters. The molecular weight excluding hydrogens is 230 g/mol. The van der Waals surface area contributed by atoms with E-state index in [0.29, 0.717) is 6.42 Å². The van der Waals surface area contributed by atoms with E-state index < -0.39 is 0 Å². The molecule has 0 saturated carbocycles. The molecule has 18 heavy (non-hydrogen) atoms. The van der Waals surface area contributed by atoms with Crippen molar-refractivity contribution in [1.29, 1.82) is 0 Å². The van der Waals surface area contributed by atoms with Crippen LogP contribution in [-0.2, 0) is 9.53 Å². The molecule has 0 aromatic heterocycles. The number of methoxy groups -OCH3 is 2. The Morgan fingerprint density at radius 2 is 2.00 bits per heavy atom. The summed E-state index contributed by atoms with van der Waals surface area (Å²) in [5, 5.41) is 3.25. The van der Waals surface area contributed by atoms with E-state index in [-0.39, 0.29) is 18.1 Å². The molecule has 0 radical (unpaired) electrons. The third-order valence-electron chi connectivity index (χ3n) is 2.95. The lowest BCUT2D eigenvalue weighted by atomic mass is 10.1. The van der Waals surface area contributed by atoms with Gasteiger partial charge in [0.25, 0.3) is 0 Å². The normalized spacial score (nSPS) is 13.8. The number of rotatable bonds is 6. The molecule has 0 fully saturated rings. The van der Waals surface area contributed by atoms with E-state index in [4.69, 9.17) is 9.47 Å². The van der Waals surface area contributed by atoms with Gasteiger partial charge in [0.2, 0.25) is 0 Å². The lowest BCUT2D eigenvalue weighted by Gasteiger charge is -2.22. The maximum absolute atomic E-state index is 11.5. The minimum atomic E-state index is -0.296. The lowest BCUT2D eigenvalue weighted by Crippen LogP contribution is -2.38. The average molecular weight is 251 g/mol. The second-order valence-electron chi connectivity index (χ2n) is 4.11. The summed E-state index contributed by atoms with van der Waals surface area (Å²) in [5.41, 5.74) is 1.03. The monoisotopic (exact) mass is 251 g/mol. The highest BCUT2D eigenvalue weighted by Crippen LogP contribution is 2.24. The number of ether oxygens (including phenoxy) is 2. The maximum Gasteiger partial charge on any atom is 0.322 e. The van der Waals surface area contributed by atoms with Crippen LogP contribution in [-0.4, -0.2) is 26.2 Å². The zero-order chi connectivity index (χ0) is 13.5. The predicted octanol–water partition coefficient (Wildman–Crippen LogP) is 2.30. The van der Waals surface area contributed by atoms with Gasteiger partial charge in [-0.15, -0.1) is 0 Å². The first kappa shape index (κ1) is 14.5. The summed E-state index contributed by atoms with van der Waals surface area (Å²) in [5.74, 6) is 0.580. The molecular formula is C14H21NO3. The molecule has 0 bridgehead atoms. The zero-order valence-electron chi connectivity index (χ0n) is 11.4. The fourth-order valence-corrected chi connectivity index (χ4v) is 1.91. The van der Waals surface area contributed by atoms with Gasteiger partial charge in [-0.1, -0.05) is 25.1 Å². The number of esters is 1. The number of hydrogen-bond donors (Lipinski definition) is 1. The van der Waals surface area contributed by atoms with Gasteiger partial charge in [-0.3, -0.25) is 10.1 Å². The number of carbonyl (C=O) groups excluding carboxylic acids is 1. The lowest BCUT2D eigenvalue weighted by molar-refractivity contribution is -0.143. The molecule has 4 heteroatoms. The molecule has 1 rings (SSSR count). The third-order valence-corrected chi connectivity index (χ3v) is 2.95. The Kier molecular flexibility index (Phi) is 5.65. The minimum Gasteiger partial charge on any atom is -0.496 e. The fourth-order valence-electron chi connectivity index (χ4n) is 1.91. The Morgan fingerprint density at radius 1 is 1.33 bits per heavy atom. The fraction of sp³-hybridized carbons (Fsp3) is 0.500. The first-order valence-corrected chi connectivity index (χ1v) is 6.10. The molecule has 0 saturated heterocycles. The number of benzene rings is 1. The predicted molar refractivity (Wildman–Crippen MR) is 70.6 cm³/mol. The second-order valence-corrected chi connectivity index (χ2v) is 4.11. The Hall–Kier alpha value is -1.55. The molecule has 0 amide bonds. The van der Waals surface area contributed by atoms with Crippen LogP contribution in [0.5, 0.6) is 5.75 Å². The summed E-state index contributed by atoms with van der Waals surface area (Å²) in [6.07, 6.45) is 0.687. The Labute approximate surface area is 108 Å². The van der Waals surface area contributed by atoms with Crippen LogP contribution < -0.4 is 10.1 Å². The van der Waals surface area contributed by atoms with E-state index in [1.165, 1.54) is 7.11 Å². The van der Waals surface area contributed by atoms with Gasteiger partial charge in [-0.25, -0.2) is 0 Å². The van der Waals surface area contributed by atoms with E-state index in [0.717, 1.165) is 11.3 Å². The highest BCUT2D eigenvalue weighted by Gasteiger charge is 2.20. The topological polar surface area (TPSA) is 47.6 Å². The Balaban J connectivity index is 2.80. The van der Waals surface area contributed by atoms with E-state index >= 15 is 0 Å². The van der Waals surface area contributed by atoms with Crippen LogP contribution in [0.1, 0.15) is 31.9 Å². The molecule has 1 aromatic carbocycles. The van der Waals surface area contributed by atoms with Crippen molar-refractivity contribution >= 4 is 5.97 Å². The standard InChI is InChI=1S/C14H21NO3/c1-5-12(14(16)18-4)15-10(2)11-8-6-7-9-13(11)17-3/h6-10,12,15H,5H2,1-4H3. The maximum atomic E-state index is 11.5. The Morgan fingerprint density at radius 3 is 2.56 bits per heavy atom. The van der Waals surface area contributed by atoms with E-state index in [1.54, 1.807) is 7.11 Å². The van der Waals surface area contributed by atoms with Crippen LogP contribution in [0, 0.1) is 0 Å². The second kappa shape index (κ2) is 7.01. The molecule has 1 N–H and O–H groups in total. The first-order chi connectivity index (χ1) is 8.63. The summed E-state index contributed by atoms with van der Waals surface area (Å²) in [4.78, 5) is 11.5. The molecule has 100 valence electrons. The SMILES string of the molecule is CCC(NC(C)c1ccccc1OC)C(=O)OC. The number of para-hydroxylation sites is 1. The number of hydrogen-bond acceptors (Lipinski definition) is 4. The van der Waals surface area contributed by atoms with Crippen molar-refractivity contribution in [3.05, 3.63) is 29.8 Å². The molecule has 4 nitrogen and oxygen atoms in total. The van der Waals surface area contributed by atoms with Crippen LogP contribution in [0.25, 0.3) is 0 Å². The van der Waals surface area contributed by atoms with Crippen molar-refractivity contribution in [3.63, 3.8) is 0 Å². The summed E-state index contributed by atoms with van der Waals surface area (Å²) in [7, 11) is 3.05. The summed E-state index contributed by atoms with van der Waals surface area (Å²) in [6, 6.07) is 7.50. The van der Waals surface area contributed by atoms with Gasteiger partial charge >= 0.3 is 5.97 Å². The molecule has 0 spiro atoms. The molecule has 0 aliphatic heterocycles. The van der Waals surface area contributed by atoms with E-state index in [9.17, 15) is 4.79 Å². The summed E-state index contributed by atoms with van der Waals surface area (Å²) >= 11 is 0. The van der Waals surface area contributed by atoms with Crippen molar-refractivity contribution in [2.75, 3.05) is 14.2 Å². The molecule has 2 unspecified atom stereocenters. The van der Waals surface area contributed by atoms with E-state index in [2.05, 4.69) is 5.32 Å². The van der Waals surface area contributed by atoms with Gasteiger partial charge in [-0.05, 0) is 19.4 Å². The van der Waals surface area contributed by atoms with Crippen molar-refractivity contribution in [2.45, 2.75) is 32.4 Å². The van der Waals surface area contributed by atoms with Crippen molar-refractivity contribution in [1.82, 2.24) is 5.32 Å². The quantitative estimate of drug-likeness (QED) is 0.788. The van der Waals surface area contributed by atoms with Crippen LogP contribution in [0.2, 0.25) is 0 Å². The van der Waals surface area contributed by atoms with Gasteiger partial charge in [0.05, 0.1) is 14.2 Å². The number of nitrogens with one attached hydrogen (secondary N) is 1. The van der Waals surface area contributed by atoms with Gasteiger partial charge < -0.3 is 9.47 Å². The van der Waals surface area contributed by atoms with Crippen LogP contribution in [0.15, 0.2) is 24.3 Å². The highest BCUT2D eigenvalue weighted by molar-refractivity contribution is 5.75. The van der Waals surface area contributed by atoms with Gasteiger partial charge in [0.15, 0.2) is 0 Å². The minimum absolute atomic E-state index is 0.0187. The molecule has 0 aliphatic carbocycles.